The molecule has 2 aromatic rings. The lowest BCUT2D eigenvalue weighted by atomic mass is 10.2. The van der Waals surface area contributed by atoms with Crippen molar-refractivity contribution in [1.29, 1.82) is 0 Å². The summed E-state index contributed by atoms with van der Waals surface area (Å²) in [4.78, 5) is 4.38. The molecule has 1 aromatic carbocycles. The highest BCUT2D eigenvalue weighted by molar-refractivity contribution is 7.93. The van der Waals surface area contributed by atoms with Gasteiger partial charge in [0.2, 0.25) is 5.13 Å². The summed E-state index contributed by atoms with van der Waals surface area (Å²) in [7, 11) is -3.58. The Labute approximate surface area is 116 Å². The molecule has 102 valence electrons. The topological polar surface area (TPSA) is 72.0 Å². The first kappa shape index (κ1) is 14.0. The van der Waals surface area contributed by atoms with Crippen molar-refractivity contribution in [3.63, 3.8) is 0 Å². The molecule has 0 spiro atoms. The lowest BCUT2D eigenvalue weighted by molar-refractivity contribution is 0.601. The third-order valence-electron chi connectivity index (χ3n) is 2.51. The largest absolute Gasteiger partial charge is 0.263 e. The minimum atomic E-state index is -3.58. The summed E-state index contributed by atoms with van der Waals surface area (Å²) in [6.07, 6.45) is 0. The van der Waals surface area contributed by atoms with Crippen molar-refractivity contribution in [3.05, 3.63) is 35.7 Å². The highest BCUT2D eigenvalue weighted by atomic mass is 32.2. The Kier molecular flexibility index (Phi) is 3.86. The van der Waals surface area contributed by atoms with Crippen LogP contribution in [-0.2, 0) is 10.0 Å². The van der Waals surface area contributed by atoms with Crippen molar-refractivity contribution in [1.82, 2.24) is 9.36 Å². The van der Waals surface area contributed by atoms with Crippen LogP contribution >= 0.6 is 11.5 Å². The van der Waals surface area contributed by atoms with Gasteiger partial charge < -0.3 is 0 Å². The summed E-state index contributed by atoms with van der Waals surface area (Å²) >= 11 is 1.05. The minimum absolute atomic E-state index is 0.175. The number of hydrogen-bond donors (Lipinski definition) is 1. The maximum atomic E-state index is 12.1. The number of rotatable bonds is 4. The molecule has 1 aromatic heterocycles. The molecule has 1 N–H and O–H groups in total. The SMILES string of the molecule is Cc1ccc(S(=O)(=O)Nc2nc(C(C)C)ns2)cc1. The molecule has 2 rings (SSSR count). The summed E-state index contributed by atoms with van der Waals surface area (Å²) in [5.74, 6) is 0.820. The molecule has 0 atom stereocenters. The molecule has 7 heteroatoms. The van der Waals surface area contributed by atoms with Crippen molar-refractivity contribution in [2.45, 2.75) is 31.6 Å². The molecule has 0 fully saturated rings. The summed E-state index contributed by atoms with van der Waals surface area (Å²) in [5, 5.41) is 0.296. The van der Waals surface area contributed by atoms with Gasteiger partial charge in [-0.15, -0.1) is 0 Å². The maximum Gasteiger partial charge on any atom is 0.263 e. The Hall–Kier alpha value is -1.47. The standard InChI is InChI=1S/C12H15N3O2S2/c1-8(2)11-13-12(18-14-11)15-19(16,17)10-6-4-9(3)5-7-10/h4-8H,1-3H3,(H,13,14,15). The van der Waals surface area contributed by atoms with Gasteiger partial charge in [-0.25, -0.2) is 13.4 Å². The Morgan fingerprint density at radius 2 is 1.84 bits per heavy atom. The second kappa shape index (κ2) is 5.26. The van der Waals surface area contributed by atoms with E-state index in [2.05, 4.69) is 14.1 Å². The van der Waals surface area contributed by atoms with E-state index in [-0.39, 0.29) is 10.8 Å². The van der Waals surface area contributed by atoms with Gasteiger partial charge in [-0.1, -0.05) is 31.5 Å². The third kappa shape index (κ3) is 3.30. The number of aromatic nitrogens is 2. The molecule has 0 unspecified atom stereocenters. The Bertz CT molecular complexity index is 661. The molecular formula is C12H15N3O2S2. The van der Waals surface area contributed by atoms with Crippen LogP contribution in [-0.4, -0.2) is 17.8 Å². The summed E-state index contributed by atoms with van der Waals surface area (Å²) < 4.78 is 30.8. The van der Waals surface area contributed by atoms with Crippen LogP contribution in [0.4, 0.5) is 5.13 Å². The van der Waals surface area contributed by atoms with Crippen LogP contribution < -0.4 is 4.72 Å². The van der Waals surface area contributed by atoms with Crippen LogP contribution in [0.1, 0.15) is 31.2 Å². The van der Waals surface area contributed by atoms with Gasteiger partial charge in [-0.05, 0) is 19.1 Å². The Balaban J connectivity index is 2.23. The van der Waals surface area contributed by atoms with E-state index >= 15 is 0 Å². The van der Waals surface area contributed by atoms with E-state index in [1.807, 2.05) is 20.8 Å². The van der Waals surface area contributed by atoms with Gasteiger partial charge in [-0.2, -0.15) is 4.37 Å². The van der Waals surface area contributed by atoms with Crippen molar-refractivity contribution < 1.29 is 8.42 Å². The average molecular weight is 297 g/mol. The summed E-state index contributed by atoms with van der Waals surface area (Å²) in [6, 6.07) is 6.66. The molecule has 0 aliphatic heterocycles. The number of hydrogen-bond acceptors (Lipinski definition) is 5. The zero-order valence-corrected chi connectivity index (χ0v) is 12.5. The number of anilines is 1. The van der Waals surface area contributed by atoms with Crippen LogP contribution in [0.2, 0.25) is 0 Å². The fourth-order valence-electron chi connectivity index (χ4n) is 1.40. The Morgan fingerprint density at radius 3 is 2.37 bits per heavy atom. The van der Waals surface area contributed by atoms with Gasteiger partial charge in [0.1, 0.15) is 5.82 Å². The van der Waals surface area contributed by atoms with E-state index in [9.17, 15) is 8.42 Å². The summed E-state index contributed by atoms with van der Waals surface area (Å²) in [6.45, 7) is 5.82. The van der Waals surface area contributed by atoms with E-state index in [0.29, 0.717) is 11.0 Å². The van der Waals surface area contributed by atoms with Crippen molar-refractivity contribution >= 4 is 26.7 Å². The molecule has 0 saturated heterocycles. The number of aryl methyl sites for hydroxylation is 1. The van der Waals surface area contributed by atoms with Crippen molar-refractivity contribution in [3.8, 4) is 0 Å². The van der Waals surface area contributed by atoms with Gasteiger partial charge in [0.15, 0.2) is 0 Å². The highest BCUT2D eigenvalue weighted by Gasteiger charge is 2.17. The lowest BCUT2D eigenvalue weighted by Crippen LogP contribution is -2.12. The van der Waals surface area contributed by atoms with Gasteiger partial charge >= 0.3 is 0 Å². The molecule has 0 radical (unpaired) electrons. The maximum absolute atomic E-state index is 12.1. The van der Waals surface area contributed by atoms with E-state index in [1.54, 1.807) is 24.3 Å². The third-order valence-corrected chi connectivity index (χ3v) is 4.64. The molecule has 0 amide bonds. The van der Waals surface area contributed by atoms with Crippen LogP contribution in [0.15, 0.2) is 29.2 Å². The van der Waals surface area contributed by atoms with Gasteiger partial charge in [0, 0.05) is 17.5 Å². The molecular weight excluding hydrogens is 282 g/mol. The average Bonchev–Trinajstić information content (AvgIpc) is 2.77. The minimum Gasteiger partial charge on any atom is -0.253 e. The smallest absolute Gasteiger partial charge is 0.253 e. The van der Waals surface area contributed by atoms with Crippen molar-refractivity contribution in [2.75, 3.05) is 4.72 Å². The molecule has 19 heavy (non-hydrogen) atoms. The molecule has 0 aliphatic rings. The Morgan fingerprint density at radius 1 is 1.21 bits per heavy atom. The monoisotopic (exact) mass is 297 g/mol. The second-order valence-electron chi connectivity index (χ2n) is 4.53. The lowest BCUT2D eigenvalue weighted by Gasteiger charge is -2.04. The first-order valence-corrected chi connectivity index (χ1v) is 8.07. The zero-order valence-electron chi connectivity index (χ0n) is 10.9. The fourth-order valence-corrected chi connectivity index (χ4v) is 3.33. The quantitative estimate of drug-likeness (QED) is 0.942. The number of nitrogens with zero attached hydrogens (tertiary/aromatic N) is 2. The predicted molar refractivity (Wildman–Crippen MR) is 76.0 cm³/mol. The first-order chi connectivity index (χ1) is 8.88. The molecule has 1 heterocycles. The van der Waals surface area contributed by atoms with Gasteiger partial charge in [0.05, 0.1) is 4.90 Å². The number of benzene rings is 1. The number of sulfonamides is 1. The van der Waals surface area contributed by atoms with E-state index in [0.717, 1.165) is 17.1 Å². The highest BCUT2D eigenvalue weighted by Crippen LogP contribution is 2.21. The molecule has 5 nitrogen and oxygen atoms in total. The predicted octanol–water partition coefficient (Wildman–Crippen LogP) is 2.77. The van der Waals surface area contributed by atoms with Crippen LogP contribution in [0.3, 0.4) is 0 Å². The van der Waals surface area contributed by atoms with E-state index in [1.165, 1.54) is 0 Å². The van der Waals surface area contributed by atoms with Gasteiger partial charge in [0.25, 0.3) is 10.0 Å². The van der Waals surface area contributed by atoms with E-state index < -0.39 is 10.0 Å². The molecule has 0 bridgehead atoms. The normalized spacial score (nSPS) is 11.8. The second-order valence-corrected chi connectivity index (χ2v) is 6.97. The van der Waals surface area contributed by atoms with Crippen LogP contribution in [0, 0.1) is 6.92 Å². The first-order valence-electron chi connectivity index (χ1n) is 5.81. The van der Waals surface area contributed by atoms with Crippen LogP contribution in [0.25, 0.3) is 0 Å². The van der Waals surface area contributed by atoms with Crippen LogP contribution in [0.5, 0.6) is 0 Å². The fraction of sp³-hybridized carbons (Fsp3) is 0.333. The summed E-state index contributed by atoms with van der Waals surface area (Å²) in [5.41, 5.74) is 1.01. The van der Waals surface area contributed by atoms with E-state index in [4.69, 9.17) is 0 Å². The molecule has 0 saturated carbocycles. The molecule has 0 aliphatic carbocycles. The van der Waals surface area contributed by atoms with Crippen molar-refractivity contribution in [2.24, 2.45) is 0 Å². The zero-order chi connectivity index (χ0) is 14.0. The number of nitrogens with one attached hydrogen (secondary N) is 1. The van der Waals surface area contributed by atoms with Gasteiger partial charge in [-0.3, -0.25) is 4.72 Å².